The molecule has 0 aromatic rings. The van der Waals surface area contributed by atoms with Gasteiger partial charge in [0.2, 0.25) is 0 Å². The van der Waals surface area contributed by atoms with Gasteiger partial charge in [-0.1, -0.05) is 42.4 Å². The van der Waals surface area contributed by atoms with Gasteiger partial charge < -0.3 is 4.74 Å². The zero-order valence-electron chi connectivity index (χ0n) is 8.12. The molecule has 0 aliphatic carbocycles. The number of rotatable bonds is 5. The van der Waals surface area contributed by atoms with Gasteiger partial charge in [-0.3, -0.25) is 0 Å². The predicted molar refractivity (Wildman–Crippen MR) is 62.8 cm³/mol. The lowest BCUT2D eigenvalue weighted by molar-refractivity contribution is 0.182. The third kappa shape index (κ3) is 6.98. The van der Waals surface area contributed by atoms with Gasteiger partial charge in [0.1, 0.15) is 0 Å². The lowest BCUT2D eigenvalue weighted by Gasteiger charge is -2.05. The van der Waals surface area contributed by atoms with Crippen LogP contribution >= 0.6 is 22.6 Å². The molecule has 0 fully saturated rings. The molecule has 0 aliphatic heterocycles. The standard InChI is InChI=1S/C9H16INO2/c1-3-4-5-8(6-10)7-11-9(12)13-2/h7-8H,3-6H2,1-2H3. The summed E-state index contributed by atoms with van der Waals surface area (Å²) in [6, 6.07) is 0. The van der Waals surface area contributed by atoms with Gasteiger partial charge in [-0.15, -0.1) is 0 Å². The Balaban J connectivity index is 3.81. The van der Waals surface area contributed by atoms with Gasteiger partial charge in [0.25, 0.3) is 0 Å². The molecule has 0 spiro atoms. The van der Waals surface area contributed by atoms with E-state index in [0.29, 0.717) is 5.92 Å². The molecule has 0 aromatic heterocycles. The number of carbonyl (C=O) groups is 1. The molecule has 0 radical (unpaired) electrons. The van der Waals surface area contributed by atoms with E-state index < -0.39 is 6.09 Å². The number of unbranched alkanes of at least 4 members (excludes halogenated alkanes) is 1. The molecule has 0 aromatic carbocycles. The van der Waals surface area contributed by atoms with Crippen molar-refractivity contribution in [2.24, 2.45) is 10.9 Å². The van der Waals surface area contributed by atoms with Gasteiger partial charge in [-0.25, -0.2) is 4.79 Å². The lowest BCUT2D eigenvalue weighted by Crippen LogP contribution is -2.05. The van der Waals surface area contributed by atoms with Gasteiger partial charge in [-0.05, 0) is 6.42 Å². The fourth-order valence-electron chi connectivity index (χ4n) is 0.877. The van der Waals surface area contributed by atoms with Crippen LogP contribution in [0.2, 0.25) is 0 Å². The van der Waals surface area contributed by atoms with Gasteiger partial charge in [-0.2, -0.15) is 4.99 Å². The molecule has 0 aliphatic rings. The number of hydrogen-bond donors (Lipinski definition) is 0. The van der Waals surface area contributed by atoms with Gasteiger partial charge in [0.05, 0.1) is 7.11 Å². The molecular formula is C9H16INO2. The molecule has 1 atom stereocenters. The largest absolute Gasteiger partial charge is 0.451 e. The zero-order valence-corrected chi connectivity index (χ0v) is 10.3. The van der Waals surface area contributed by atoms with E-state index in [1.807, 2.05) is 0 Å². The summed E-state index contributed by atoms with van der Waals surface area (Å²) < 4.78 is 5.41. The van der Waals surface area contributed by atoms with E-state index >= 15 is 0 Å². The third-order valence-corrected chi connectivity index (χ3v) is 2.82. The summed E-state index contributed by atoms with van der Waals surface area (Å²) in [7, 11) is 1.34. The first-order chi connectivity index (χ1) is 6.24. The number of aliphatic imine (C=N–C) groups is 1. The van der Waals surface area contributed by atoms with Crippen molar-refractivity contribution in [3.8, 4) is 0 Å². The van der Waals surface area contributed by atoms with Gasteiger partial charge in [0, 0.05) is 16.6 Å². The van der Waals surface area contributed by atoms with E-state index in [0.717, 1.165) is 10.8 Å². The van der Waals surface area contributed by atoms with Gasteiger partial charge in [0.15, 0.2) is 0 Å². The summed E-state index contributed by atoms with van der Waals surface area (Å²) in [4.78, 5) is 14.4. The van der Waals surface area contributed by atoms with Crippen molar-refractivity contribution in [1.82, 2.24) is 0 Å². The molecule has 0 saturated heterocycles. The number of nitrogens with zero attached hydrogens (tertiary/aromatic N) is 1. The molecule has 13 heavy (non-hydrogen) atoms. The highest BCUT2D eigenvalue weighted by Crippen LogP contribution is 2.09. The SMILES string of the molecule is CCCCC(C=NC(=O)OC)CI. The number of hydrogen-bond acceptors (Lipinski definition) is 2. The average molecular weight is 297 g/mol. The Morgan fingerprint density at radius 3 is 2.85 bits per heavy atom. The number of halogens is 1. The Labute approximate surface area is 93.1 Å². The minimum Gasteiger partial charge on any atom is -0.451 e. The second kappa shape index (κ2) is 8.47. The number of amides is 1. The molecular weight excluding hydrogens is 281 g/mol. The van der Waals surface area contributed by atoms with E-state index in [1.165, 1.54) is 20.0 Å². The Morgan fingerprint density at radius 2 is 2.38 bits per heavy atom. The van der Waals surface area contributed by atoms with Crippen LogP contribution in [0.3, 0.4) is 0 Å². The zero-order chi connectivity index (χ0) is 10.1. The molecule has 1 unspecified atom stereocenters. The number of ether oxygens (including phenoxy) is 1. The molecule has 0 saturated carbocycles. The average Bonchev–Trinajstić information content (AvgIpc) is 2.17. The van der Waals surface area contributed by atoms with E-state index in [4.69, 9.17) is 0 Å². The summed E-state index contributed by atoms with van der Waals surface area (Å²) in [5.41, 5.74) is 0. The van der Waals surface area contributed by atoms with Crippen LogP contribution in [-0.2, 0) is 4.74 Å². The number of methoxy groups -OCH3 is 1. The maximum absolute atomic E-state index is 10.7. The second-order valence-electron chi connectivity index (χ2n) is 2.80. The molecule has 0 heterocycles. The van der Waals surface area contributed by atoms with Crippen LogP contribution in [0.15, 0.2) is 4.99 Å². The summed E-state index contributed by atoms with van der Waals surface area (Å²) in [5.74, 6) is 0.402. The third-order valence-electron chi connectivity index (χ3n) is 1.69. The number of carbonyl (C=O) groups excluding carboxylic acids is 1. The van der Waals surface area contributed by atoms with Crippen molar-refractivity contribution in [1.29, 1.82) is 0 Å². The highest BCUT2D eigenvalue weighted by atomic mass is 127. The highest BCUT2D eigenvalue weighted by Gasteiger charge is 2.03. The Bertz CT molecular complexity index is 171. The highest BCUT2D eigenvalue weighted by molar-refractivity contribution is 14.1. The van der Waals surface area contributed by atoms with Crippen LogP contribution in [0.5, 0.6) is 0 Å². The maximum Gasteiger partial charge on any atom is 0.432 e. The molecule has 76 valence electrons. The van der Waals surface area contributed by atoms with Crippen molar-refractivity contribution in [2.45, 2.75) is 26.2 Å². The predicted octanol–water partition coefficient (Wildman–Crippen LogP) is 3.07. The molecule has 0 bridgehead atoms. The lowest BCUT2D eigenvalue weighted by atomic mass is 10.1. The van der Waals surface area contributed by atoms with Crippen LogP contribution in [0, 0.1) is 5.92 Å². The first-order valence-electron chi connectivity index (χ1n) is 4.42. The maximum atomic E-state index is 10.7. The van der Waals surface area contributed by atoms with Crippen LogP contribution in [0.25, 0.3) is 0 Å². The van der Waals surface area contributed by atoms with Crippen molar-refractivity contribution in [2.75, 3.05) is 11.5 Å². The molecule has 1 amide bonds. The second-order valence-corrected chi connectivity index (χ2v) is 3.69. The Morgan fingerprint density at radius 1 is 1.69 bits per heavy atom. The van der Waals surface area contributed by atoms with Crippen molar-refractivity contribution < 1.29 is 9.53 Å². The topological polar surface area (TPSA) is 38.7 Å². The fraction of sp³-hybridized carbons (Fsp3) is 0.778. The van der Waals surface area contributed by atoms with E-state index in [-0.39, 0.29) is 0 Å². The van der Waals surface area contributed by atoms with E-state index in [2.05, 4.69) is 39.2 Å². The van der Waals surface area contributed by atoms with E-state index in [1.54, 1.807) is 6.21 Å². The molecule has 0 N–H and O–H groups in total. The molecule has 4 heteroatoms. The number of alkyl halides is 1. The van der Waals surface area contributed by atoms with Crippen molar-refractivity contribution in [3.63, 3.8) is 0 Å². The van der Waals surface area contributed by atoms with Crippen molar-refractivity contribution in [3.05, 3.63) is 0 Å². The normalized spacial score (nSPS) is 13.2. The first kappa shape index (κ1) is 12.9. The Kier molecular flexibility index (Phi) is 8.38. The minimum atomic E-state index is -0.508. The van der Waals surface area contributed by atoms with Crippen molar-refractivity contribution >= 4 is 34.9 Å². The fourth-order valence-corrected chi connectivity index (χ4v) is 1.54. The molecule has 3 nitrogen and oxygen atoms in total. The van der Waals surface area contributed by atoms with Crippen LogP contribution < -0.4 is 0 Å². The molecule has 0 rings (SSSR count). The Hall–Kier alpha value is -0.130. The summed E-state index contributed by atoms with van der Waals surface area (Å²) in [6.45, 7) is 2.15. The smallest absolute Gasteiger partial charge is 0.432 e. The first-order valence-corrected chi connectivity index (χ1v) is 5.95. The van der Waals surface area contributed by atoms with Gasteiger partial charge >= 0.3 is 6.09 Å². The van der Waals surface area contributed by atoms with Crippen LogP contribution in [0.4, 0.5) is 4.79 Å². The van der Waals surface area contributed by atoms with Crippen LogP contribution in [0.1, 0.15) is 26.2 Å². The van der Waals surface area contributed by atoms with Crippen LogP contribution in [-0.4, -0.2) is 23.8 Å². The quantitative estimate of drug-likeness (QED) is 0.444. The summed E-state index contributed by atoms with van der Waals surface area (Å²) >= 11 is 2.30. The minimum absolute atomic E-state index is 0.402. The summed E-state index contributed by atoms with van der Waals surface area (Å²) in [5, 5.41) is 0. The summed E-state index contributed by atoms with van der Waals surface area (Å²) in [6.07, 6.45) is 4.65. The van der Waals surface area contributed by atoms with E-state index in [9.17, 15) is 4.79 Å². The monoisotopic (exact) mass is 297 g/mol.